The third-order valence-electron chi connectivity index (χ3n) is 1.99. The molecule has 5 heteroatoms. The fourth-order valence-corrected chi connectivity index (χ4v) is 2.52. The summed E-state index contributed by atoms with van der Waals surface area (Å²) in [4.78, 5) is 1.18. The van der Waals surface area contributed by atoms with Crippen molar-refractivity contribution in [3.8, 4) is 0 Å². The molecule has 1 N–H and O–H groups in total. The molecule has 1 unspecified atom stereocenters. The molecule has 0 aliphatic rings. The Kier molecular flexibility index (Phi) is 3.00. The molecule has 74 valence electrons. The smallest absolute Gasteiger partial charge is 0.174 e. The summed E-state index contributed by atoms with van der Waals surface area (Å²) in [5.74, 6) is 0. The zero-order chi connectivity index (χ0) is 9.97. The van der Waals surface area contributed by atoms with Crippen LogP contribution in [-0.4, -0.2) is 11.4 Å². The first-order valence-corrected chi connectivity index (χ1v) is 5.70. The van der Waals surface area contributed by atoms with Gasteiger partial charge in [-0.3, -0.25) is 0 Å². The van der Waals surface area contributed by atoms with Crippen molar-refractivity contribution in [2.24, 2.45) is 0 Å². The van der Waals surface area contributed by atoms with Gasteiger partial charge >= 0.3 is 0 Å². The van der Waals surface area contributed by atoms with Gasteiger partial charge in [0.05, 0.1) is 12.3 Å². The van der Waals surface area contributed by atoms with Crippen molar-refractivity contribution in [1.29, 1.82) is 0 Å². The summed E-state index contributed by atoms with van der Waals surface area (Å²) in [5, 5.41) is 3.23. The van der Waals surface area contributed by atoms with Crippen LogP contribution < -0.4 is 5.32 Å². The van der Waals surface area contributed by atoms with Crippen LogP contribution in [0.3, 0.4) is 0 Å². The molecule has 0 amide bonds. The minimum absolute atomic E-state index is 0.149. The van der Waals surface area contributed by atoms with Gasteiger partial charge in [-0.1, -0.05) is 0 Å². The Labute approximate surface area is 94.4 Å². The van der Waals surface area contributed by atoms with Gasteiger partial charge in [-0.05, 0) is 46.6 Å². The van der Waals surface area contributed by atoms with Crippen LogP contribution in [0.15, 0.2) is 33.7 Å². The number of hydrogen-bond donors (Lipinski definition) is 1. The largest absolute Gasteiger partial charge is 0.457 e. The fourth-order valence-electron chi connectivity index (χ4n) is 1.34. The number of furan rings is 1. The molecule has 2 rings (SSSR count). The molecule has 0 aromatic carbocycles. The van der Waals surface area contributed by atoms with Gasteiger partial charge in [-0.2, -0.15) is 0 Å². The molecule has 2 heterocycles. The van der Waals surface area contributed by atoms with E-state index in [1.54, 1.807) is 12.5 Å². The average Bonchev–Trinajstić information content (AvgIpc) is 2.80. The molecule has 0 aliphatic carbocycles. The number of halogens is 1. The van der Waals surface area contributed by atoms with Gasteiger partial charge in [0.25, 0.3) is 0 Å². The summed E-state index contributed by atoms with van der Waals surface area (Å²) in [6, 6.07) is 4.10. The van der Waals surface area contributed by atoms with Crippen molar-refractivity contribution in [2.45, 2.75) is 6.04 Å². The molecule has 3 nitrogen and oxygen atoms in total. The highest BCUT2D eigenvalue weighted by Gasteiger charge is 2.17. The van der Waals surface area contributed by atoms with Crippen molar-refractivity contribution in [2.75, 3.05) is 7.05 Å². The highest BCUT2D eigenvalue weighted by Crippen LogP contribution is 2.30. The Morgan fingerprint density at radius 1 is 1.57 bits per heavy atom. The quantitative estimate of drug-likeness (QED) is 0.934. The summed E-state index contributed by atoms with van der Waals surface area (Å²) in [7, 11) is 1.92. The maximum atomic E-state index is 5.21. The molecule has 0 fully saturated rings. The van der Waals surface area contributed by atoms with Gasteiger partial charge in [0.15, 0.2) is 4.67 Å². The van der Waals surface area contributed by atoms with Crippen molar-refractivity contribution < 1.29 is 4.42 Å². The Bertz CT molecular complexity index is 399. The normalized spacial score (nSPS) is 13.0. The van der Waals surface area contributed by atoms with Crippen LogP contribution in [0.1, 0.15) is 16.5 Å². The topological polar surface area (TPSA) is 38.1 Å². The van der Waals surface area contributed by atoms with E-state index in [0.717, 1.165) is 10.2 Å². The van der Waals surface area contributed by atoms with Gasteiger partial charge in [-0.15, -0.1) is 0 Å². The van der Waals surface area contributed by atoms with E-state index in [4.69, 9.17) is 4.42 Å². The Morgan fingerprint density at radius 3 is 2.93 bits per heavy atom. The average molecular weight is 273 g/mol. The number of aromatic nitrogens is 1. The zero-order valence-electron chi connectivity index (χ0n) is 7.53. The van der Waals surface area contributed by atoms with E-state index in [1.165, 1.54) is 16.4 Å². The molecule has 2 aromatic rings. The van der Waals surface area contributed by atoms with E-state index in [-0.39, 0.29) is 6.04 Å². The molecule has 0 spiro atoms. The third-order valence-corrected chi connectivity index (χ3v) is 3.44. The van der Waals surface area contributed by atoms with Crippen LogP contribution >= 0.6 is 27.5 Å². The Balaban J connectivity index is 2.36. The Morgan fingerprint density at radius 2 is 2.43 bits per heavy atom. The molecule has 0 bridgehead atoms. The van der Waals surface area contributed by atoms with E-state index in [0.29, 0.717) is 0 Å². The van der Waals surface area contributed by atoms with Crippen LogP contribution in [0.25, 0.3) is 0 Å². The second kappa shape index (κ2) is 4.25. The van der Waals surface area contributed by atoms with Gasteiger partial charge in [-0.25, -0.2) is 4.37 Å². The number of nitrogens with one attached hydrogen (secondary N) is 1. The number of hydrogen-bond acceptors (Lipinski definition) is 4. The lowest BCUT2D eigenvalue weighted by molar-refractivity contribution is 0.531. The molecular formula is C9H9BrN2OS. The first kappa shape index (κ1) is 9.89. The summed E-state index contributed by atoms with van der Waals surface area (Å²) in [6.07, 6.45) is 3.48. The monoisotopic (exact) mass is 272 g/mol. The minimum Gasteiger partial charge on any atom is -0.457 e. The molecule has 0 saturated heterocycles. The molecule has 0 saturated carbocycles. The summed E-state index contributed by atoms with van der Waals surface area (Å²) in [5.41, 5.74) is 1.09. The van der Waals surface area contributed by atoms with Crippen molar-refractivity contribution >= 4 is 27.5 Å². The van der Waals surface area contributed by atoms with E-state index < -0.39 is 0 Å². The number of nitrogens with zero attached hydrogens (tertiary/aromatic N) is 1. The predicted molar refractivity (Wildman–Crippen MR) is 59.4 cm³/mol. The van der Waals surface area contributed by atoms with Crippen LogP contribution in [0.5, 0.6) is 0 Å². The van der Waals surface area contributed by atoms with E-state index in [9.17, 15) is 0 Å². The number of rotatable bonds is 3. The second-order valence-electron chi connectivity index (χ2n) is 2.79. The zero-order valence-corrected chi connectivity index (χ0v) is 9.93. The summed E-state index contributed by atoms with van der Waals surface area (Å²) >= 11 is 4.86. The predicted octanol–water partition coefficient (Wildman–Crippen LogP) is 2.81. The van der Waals surface area contributed by atoms with Crippen LogP contribution in [0.2, 0.25) is 0 Å². The molecule has 2 aromatic heterocycles. The van der Waals surface area contributed by atoms with Crippen molar-refractivity contribution in [3.05, 3.63) is 39.7 Å². The molecule has 0 radical (unpaired) electrons. The fraction of sp³-hybridized carbons (Fsp3) is 0.222. The van der Waals surface area contributed by atoms with E-state index in [1.807, 2.05) is 19.2 Å². The molecular weight excluding hydrogens is 264 g/mol. The maximum absolute atomic E-state index is 5.21. The highest BCUT2D eigenvalue weighted by atomic mass is 79.9. The molecule has 14 heavy (non-hydrogen) atoms. The molecule has 0 aliphatic heterocycles. The third kappa shape index (κ3) is 1.75. The first-order valence-electron chi connectivity index (χ1n) is 4.13. The SMILES string of the molecule is CNC(c1ccns1)c1ccoc1Br. The lowest BCUT2D eigenvalue weighted by Gasteiger charge is -2.11. The van der Waals surface area contributed by atoms with E-state index in [2.05, 4.69) is 25.6 Å². The van der Waals surface area contributed by atoms with Gasteiger partial charge in [0.1, 0.15) is 0 Å². The lowest BCUT2D eigenvalue weighted by atomic mass is 10.1. The minimum atomic E-state index is 0.149. The Hall–Kier alpha value is -0.650. The van der Waals surface area contributed by atoms with Crippen LogP contribution in [0.4, 0.5) is 0 Å². The van der Waals surface area contributed by atoms with Crippen molar-refractivity contribution in [3.63, 3.8) is 0 Å². The van der Waals surface area contributed by atoms with Crippen molar-refractivity contribution in [1.82, 2.24) is 9.69 Å². The van der Waals surface area contributed by atoms with Gasteiger partial charge < -0.3 is 9.73 Å². The van der Waals surface area contributed by atoms with Crippen LogP contribution in [-0.2, 0) is 0 Å². The van der Waals surface area contributed by atoms with Gasteiger partial charge in [0, 0.05) is 16.6 Å². The highest BCUT2D eigenvalue weighted by molar-refractivity contribution is 9.10. The lowest BCUT2D eigenvalue weighted by Crippen LogP contribution is -2.16. The molecule has 1 atom stereocenters. The first-order chi connectivity index (χ1) is 6.83. The van der Waals surface area contributed by atoms with Gasteiger partial charge in [0.2, 0.25) is 0 Å². The maximum Gasteiger partial charge on any atom is 0.174 e. The van der Waals surface area contributed by atoms with E-state index >= 15 is 0 Å². The van der Waals surface area contributed by atoms with Crippen LogP contribution in [0, 0.1) is 0 Å². The standard InChI is InChI=1S/C9H9BrN2OS/c1-11-8(7-2-4-12-14-7)6-3-5-13-9(6)10/h2-5,8,11H,1H3. The summed E-state index contributed by atoms with van der Waals surface area (Å²) < 4.78 is 10.1. The second-order valence-corrected chi connectivity index (χ2v) is 4.37. The summed E-state index contributed by atoms with van der Waals surface area (Å²) in [6.45, 7) is 0.